The number of hydrogen-bond donors (Lipinski definition) is 1. The predicted octanol–water partition coefficient (Wildman–Crippen LogP) is 1.57. The fourth-order valence-corrected chi connectivity index (χ4v) is 3.49. The van der Waals surface area contributed by atoms with E-state index >= 15 is 0 Å². The zero-order valence-electron chi connectivity index (χ0n) is 12.1. The van der Waals surface area contributed by atoms with Crippen molar-refractivity contribution in [2.45, 2.75) is 36.9 Å². The third-order valence-corrected chi connectivity index (χ3v) is 4.73. The van der Waals surface area contributed by atoms with E-state index in [1.165, 1.54) is 6.07 Å². The minimum Gasteiger partial charge on any atom is -0.385 e. The molecule has 2 heterocycles. The summed E-state index contributed by atoms with van der Waals surface area (Å²) in [6.07, 6.45) is 1.12. The number of nitrogens with zero attached hydrogens (tertiary/aromatic N) is 2. The van der Waals surface area contributed by atoms with Crippen molar-refractivity contribution in [2.24, 2.45) is 0 Å². The van der Waals surface area contributed by atoms with Crippen molar-refractivity contribution < 1.29 is 14.2 Å². The van der Waals surface area contributed by atoms with Crippen LogP contribution >= 0.6 is 0 Å². The average Bonchev–Trinajstić information content (AvgIpc) is 2.43. The summed E-state index contributed by atoms with van der Waals surface area (Å²) in [6, 6.07) is 6.85. The Balaban J connectivity index is 1.95. The molecule has 0 aliphatic carbocycles. The van der Waals surface area contributed by atoms with Crippen LogP contribution in [0.15, 0.2) is 18.2 Å². The fraction of sp³-hybridized carbons (Fsp3) is 0.562. The Labute approximate surface area is 123 Å². The van der Waals surface area contributed by atoms with Crippen LogP contribution in [-0.4, -0.2) is 42.4 Å². The predicted molar refractivity (Wildman–Crippen MR) is 75.0 cm³/mol. The van der Waals surface area contributed by atoms with Crippen LogP contribution in [0.1, 0.15) is 24.0 Å². The van der Waals surface area contributed by atoms with Crippen LogP contribution in [0.2, 0.25) is 0 Å². The zero-order valence-corrected chi connectivity index (χ0v) is 12.1. The van der Waals surface area contributed by atoms with Gasteiger partial charge in [-0.2, -0.15) is 5.26 Å². The first-order chi connectivity index (χ1) is 10.0. The molecule has 2 fully saturated rings. The second-order valence-electron chi connectivity index (χ2n) is 6.10. The summed E-state index contributed by atoms with van der Waals surface area (Å²) in [4.78, 5) is 2.22. The molecule has 0 amide bonds. The molecule has 2 bridgehead atoms. The van der Waals surface area contributed by atoms with Crippen molar-refractivity contribution in [3.8, 4) is 6.07 Å². The Hall–Kier alpha value is -1.48. The summed E-state index contributed by atoms with van der Waals surface area (Å²) in [5, 5.41) is 19.8. The van der Waals surface area contributed by atoms with Gasteiger partial charge in [0.25, 0.3) is 0 Å². The number of benzene rings is 1. The van der Waals surface area contributed by atoms with E-state index in [-0.39, 0.29) is 18.5 Å². The quantitative estimate of drug-likeness (QED) is 0.898. The molecule has 5 heteroatoms. The summed E-state index contributed by atoms with van der Waals surface area (Å²) in [7, 11) is 2.03. The highest BCUT2D eigenvalue weighted by atomic mass is 19.1. The Bertz CT molecular complexity index is 570. The number of morpholine rings is 1. The second-order valence-corrected chi connectivity index (χ2v) is 6.10. The van der Waals surface area contributed by atoms with E-state index in [0.717, 1.165) is 5.56 Å². The topological polar surface area (TPSA) is 56.5 Å². The second kappa shape index (κ2) is 5.38. The SMILES string of the molecule is CN1C2COCC1CC(O)(c1cc(CC#N)ccc1F)C2. The van der Waals surface area contributed by atoms with Crippen LogP contribution in [-0.2, 0) is 16.8 Å². The Morgan fingerprint density at radius 1 is 1.43 bits per heavy atom. The van der Waals surface area contributed by atoms with Gasteiger partial charge >= 0.3 is 0 Å². The van der Waals surface area contributed by atoms with Gasteiger partial charge in [-0.05, 0) is 37.6 Å². The average molecular weight is 290 g/mol. The normalized spacial score (nSPS) is 32.7. The van der Waals surface area contributed by atoms with E-state index in [1.54, 1.807) is 12.1 Å². The molecule has 3 rings (SSSR count). The Kier molecular flexibility index (Phi) is 3.70. The number of fused-ring (bicyclic) bond motifs is 2. The maximum absolute atomic E-state index is 14.2. The molecule has 112 valence electrons. The van der Waals surface area contributed by atoms with Gasteiger partial charge in [0.05, 0.1) is 31.3 Å². The number of rotatable bonds is 2. The number of halogens is 1. The van der Waals surface area contributed by atoms with Crippen LogP contribution in [0.5, 0.6) is 0 Å². The van der Waals surface area contributed by atoms with Crippen molar-refractivity contribution >= 4 is 0 Å². The molecule has 0 saturated carbocycles. The molecule has 2 atom stereocenters. The van der Waals surface area contributed by atoms with E-state index in [9.17, 15) is 9.50 Å². The molecule has 1 aromatic carbocycles. The minimum absolute atomic E-state index is 0.0986. The highest BCUT2D eigenvalue weighted by molar-refractivity contribution is 5.32. The van der Waals surface area contributed by atoms with E-state index in [1.807, 2.05) is 7.05 Å². The van der Waals surface area contributed by atoms with Gasteiger partial charge < -0.3 is 9.84 Å². The van der Waals surface area contributed by atoms with Gasteiger partial charge in [-0.3, -0.25) is 4.90 Å². The number of piperidine rings is 1. The van der Waals surface area contributed by atoms with E-state index in [4.69, 9.17) is 10.00 Å². The first-order valence-corrected chi connectivity index (χ1v) is 7.21. The van der Waals surface area contributed by atoms with Gasteiger partial charge in [0.15, 0.2) is 0 Å². The standard InChI is InChI=1S/C16H19FN2O2/c1-19-12-7-16(20,8-13(19)10-21-9-12)14-6-11(4-5-18)2-3-15(14)17/h2-3,6,12-13,20H,4,7-10H2,1H3. The molecular formula is C16H19FN2O2. The lowest BCUT2D eigenvalue weighted by atomic mass is 9.76. The van der Waals surface area contributed by atoms with Crippen LogP contribution in [0.4, 0.5) is 4.39 Å². The Morgan fingerprint density at radius 2 is 2.10 bits per heavy atom. The van der Waals surface area contributed by atoms with Crippen molar-refractivity contribution in [3.63, 3.8) is 0 Å². The first-order valence-electron chi connectivity index (χ1n) is 7.21. The van der Waals surface area contributed by atoms with Gasteiger partial charge in [0.1, 0.15) is 5.82 Å². The third kappa shape index (κ3) is 2.55. The van der Waals surface area contributed by atoms with Gasteiger partial charge in [0.2, 0.25) is 0 Å². The smallest absolute Gasteiger partial charge is 0.129 e. The van der Waals surface area contributed by atoms with Gasteiger partial charge in [-0.1, -0.05) is 6.07 Å². The third-order valence-electron chi connectivity index (χ3n) is 4.73. The largest absolute Gasteiger partial charge is 0.385 e. The molecule has 1 N–H and O–H groups in total. The molecule has 0 spiro atoms. The summed E-state index contributed by atoms with van der Waals surface area (Å²) < 4.78 is 19.8. The summed E-state index contributed by atoms with van der Waals surface area (Å²) in [6.45, 7) is 1.13. The van der Waals surface area contributed by atoms with E-state index in [0.29, 0.717) is 31.6 Å². The van der Waals surface area contributed by atoms with Crippen molar-refractivity contribution in [1.29, 1.82) is 5.26 Å². The number of likely N-dealkylation sites (N-methyl/N-ethyl adjacent to an activating group) is 1. The molecule has 21 heavy (non-hydrogen) atoms. The molecule has 0 radical (unpaired) electrons. The first kappa shape index (κ1) is 14.5. The molecule has 2 aliphatic rings. The zero-order chi connectivity index (χ0) is 15.0. The van der Waals surface area contributed by atoms with Gasteiger partial charge in [0, 0.05) is 17.6 Å². The molecule has 4 nitrogen and oxygen atoms in total. The molecule has 1 aromatic rings. The van der Waals surface area contributed by atoms with Crippen LogP contribution in [0, 0.1) is 17.1 Å². The monoisotopic (exact) mass is 290 g/mol. The highest BCUT2D eigenvalue weighted by Gasteiger charge is 2.46. The van der Waals surface area contributed by atoms with Gasteiger partial charge in [-0.25, -0.2) is 4.39 Å². The fourth-order valence-electron chi connectivity index (χ4n) is 3.49. The number of aliphatic hydroxyl groups is 1. The summed E-state index contributed by atoms with van der Waals surface area (Å²) >= 11 is 0. The molecule has 2 saturated heterocycles. The van der Waals surface area contributed by atoms with Crippen LogP contribution < -0.4 is 0 Å². The molecule has 2 aliphatic heterocycles. The summed E-state index contributed by atoms with van der Waals surface area (Å²) in [5.41, 5.74) is -0.121. The van der Waals surface area contributed by atoms with Crippen molar-refractivity contribution in [3.05, 3.63) is 35.1 Å². The molecule has 2 unspecified atom stereocenters. The van der Waals surface area contributed by atoms with Gasteiger partial charge in [-0.15, -0.1) is 0 Å². The summed E-state index contributed by atoms with van der Waals surface area (Å²) in [5.74, 6) is -0.400. The van der Waals surface area contributed by atoms with Crippen molar-refractivity contribution in [2.75, 3.05) is 20.3 Å². The lowest BCUT2D eigenvalue weighted by Gasteiger charge is -2.50. The lowest BCUT2D eigenvalue weighted by molar-refractivity contribution is -0.138. The molecule has 0 aromatic heterocycles. The maximum Gasteiger partial charge on any atom is 0.129 e. The number of hydrogen-bond acceptors (Lipinski definition) is 4. The van der Waals surface area contributed by atoms with E-state index < -0.39 is 11.4 Å². The number of nitriles is 1. The maximum atomic E-state index is 14.2. The van der Waals surface area contributed by atoms with Crippen molar-refractivity contribution in [1.82, 2.24) is 4.90 Å². The van der Waals surface area contributed by atoms with Crippen LogP contribution in [0.3, 0.4) is 0 Å². The Morgan fingerprint density at radius 3 is 2.71 bits per heavy atom. The van der Waals surface area contributed by atoms with Crippen LogP contribution in [0.25, 0.3) is 0 Å². The number of ether oxygens (including phenoxy) is 1. The lowest BCUT2D eigenvalue weighted by Crippen LogP contribution is -2.59. The molecular weight excluding hydrogens is 271 g/mol. The highest BCUT2D eigenvalue weighted by Crippen LogP contribution is 2.41. The minimum atomic E-state index is -1.18. The van der Waals surface area contributed by atoms with E-state index in [2.05, 4.69) is 11.0 Å².